The van der Waals surface area contributed by atoms with Crippen LogP contribution in [-0.4, -0.2) is 15.5 Å². The highest BCUT2D eigenvalue weighted by atomic mass is 35.5. The molecule has 6 nitrogen and oxygen atoms in total. The standard InChI is InChI=1S/C17H13ClFN3O3/c18-12-9-10(5-6-13(12)19)20-15(23)7-8-22-16(24)11-3-1-2-4-14(11)21-17(22)25/h1-6,9H,7-8H2,(H,20,23)(H,21,25). The molecule has 3 aromatic rings. The van der Waals surface area contributed by atoms with E-state index in [-0.39, 0.29) is 18.0 Å². The van der Waals surface area contributed by atoms with Crippen LogP contribution in [0.15, 0.2) is 52.1 Å². The van der Waals surface area contributed by atoms with Crippen LogP contribution in [0.3, 0.4) is 0 Å². The molecular weight excluding hydrogens is 349 g/mol. The number of rotatable bonds is 4. The minimum atomic E-state index is -0.589. The Morgan fingerprint density at radius 1 is 1.20 bits per heavy atom. The predicted molar refractivity (Wildman–Crippen MR) is 93.5 cm³/mol. The molecule has 0 aliphatic carbocycles. The van der Waals surface area contributed by atoms with Gasteiger partial charge in [0, 0.05) is 18.7 Å². The molecule has 0 aliphatic heterocycles. The van der Waals surface area contributed by atoms with Gasteiger partial charge in [-0.05, 0) is 30.3 Å². The Kier molecular flexibility index (Phi) is 4.67. The van der Waals surface area contributed by atoms with Crippen LogP contribution in [-0.2, 0) is 11.3 Å². The third-order valence-corrected chi connectivity index (χ3v) is 3.94. The largest absolute Gasteiger partial charge is 0.328 e. The second-order valence-corrected chi connectivity index (χ2v) is 5.77. The number of amides is 1. The van der Waals surface area contributed by atoms with Crippen LogP contribution < -0.4 is 16.6 Å². The molecular formula is C17H13ClFN3O3. The Bertz CT molecular complexity index is 1070. The zero-order valence-corrected chi connectivity index (χ0v) is 13.6. The normalized spacial score (nSPS) is 10.8. The molecule has 1 amide bonds. The van der Waals surface area contributed by atoms with Gasteiger partial charge in [-0.15, -0.1) is 0 Å². The highest BCUT2D eigenvalue weighted by molar-refractivity contribution is 6.31. The number of carbonyl (C=O) groups is 1. The molecule has 0 bridgehead atoms. The Labute approximate surface area is 145 Å². The van der Waals surface area contributed by atoms with E-state index in [1.165, 1.54) is 12.1 Å². The fourth-order valence-electron chi connectivity index (χ4n) is 2.41. The van der Waals surface area contributed by atoms with E-state index in [0.29, 0.717) is 16.6 Å². The first-order chi connectivity index (χ1) is 12.0. The molecule has 0 unspecified atom stereocenters. The lowest BCUT2D eigenvalue weighted by Crippen LogP contribution is -2.36. The number of nitrogens with one attached hydrogen (secondary N) is 2. The summed E-state index contributed by atoms with van der Waals surface area (Å²) in [5, 5.41) is 2.80. The van der Waals surface area contributed by atoms with E-state index in [0.717, 1.165) is 10.6 Å². The molecule has 0 atom stereocenters. The lowest BCUT2D eigenvalue weighted by Gasteiger charge is -2.08. The first-order valence-corrected chi connectivity index (χ1v) is 7.80. The van der Waals surface area contributed by atoms with Gasteiger partial charge in [-0.25, -0.2) is 9.18 Å². The highest BCUT2D eigenvalue weighted by Crippen LogP contribution is 2.19. The molecule has 0 saturated carbocycles. The quantitative estimate of drug-likeness (QED) is 0.749. The maximum atomic E-state index is 13.1. The first kappa shape index (κ1) is 16.9. The van der Waals surface area contributed by atoms with Crippen molar-refractivity contribution in [3.63, 3.8) is 0 Å². The van der Waals surface area contributed by atoms with Crippen LogP contribution in [0.2, 0.25) is 5.02 Å². The summed E-state index contributed by atoms with van der Waals surface area (Å²) in [4.78, 5) is 39.0. The van der Waals surface area contributed by atoms with Crippen molar-refractivity contribution in [2.75, 3.05) is 5.32 Å². The second kappa shape index (κ2) is 6.90. The van der Waals surface area contributed by atoms with Gasteiger partial charge in [-0.2, -0.15) is 0 Å². The summed E-state index contributed by atoms with van der Waals surface area (Å²) in [6, 6.07) is 10.4. The number of anilines is 1. The van der Waals surface area contributed by atoms with E-state index in [1.54, 1.807) is 24.3 Å². The van der Waals surface area contributed by atoms with Crippen molar-refractivity contribution in [2.24, 2.45) is 0 Å². The van der Waals surface area contributed by atoms with Gasteiger partial charge in [-0.1, -0.05) is 23.7 Å². The highest BCUT2D eigenvalue weighted by Gasteiger charge is 2.10. The zero-order chi connectivity index (χ0) is 18.0. The first-order valence-electron chi connectivity index (χ1n) is 7.42. The molecule has 0 fully saturated rings. The molecule has 1 aromatic heterocycles. The van der Waals surface area contributed by atoms with E-state index < -0.39 is 23.0 Å². The molecule has 0 saturated heterocycles. The van der Waals surface area contributed by atoms with Crippen LogP contribution in [0, 0.1) is 5.82 Å². The molecule has 2 N–H and O–H groups in total. The Morgan fingerprint density at radius 2 is 1.96 bits per heavy atom. The van der Waals surface area contributed by atoms with E-state index in [1.807, 2.05) is 0 Å². The predicted octanol–water partition coefficient (Wildman–Crippen LogP) is 2.51. The summed E-state index contributed by atoms with van der Waals surface area (Å²) in [6.07, 6.45) is -0.101. The number of benzene rings is 2. The van der Waals surface area contributed by atoms with Gasteiger partial charge in [-0.3, -0.25) is 14.2 Å². The van der Waals surface area contributed by atoms with Crippen molar-refractivity contribution in [3.05, 3.63) is 74.1 Å². The van der Waals surface area contributed by atoms with Gasteiger partial charge in [0.15, 0.2) is 0 Å². The number of halogens is 2. The van der Waals surface area contributed by atoms with Crippen LogP contribution in [0.1, 0.15) is 6.42 Å². The number of carbonyl (C=O) groups excluding carboxylic acids is 1. The average molecular weight is 362 g/mol. The molecule has 3 rings (SSSR count). The molecule has 0 spiro atoms. The van der Waals surface area contributed by atoms with Crippen LogP contribution in [0.25, 0.3) is 10.9 Å². The smallest absolute Gasteiger partial charge is 0.326 e. The van der Waals surface area contributed by atoms with Crippen molar-refractivity contribution in [2.45, 2.75) is 13.0 Å². The number of aromatic nitrogens is 2. The number of fused-ring (bicyclic) bond motifs is 1. The molecule has 0 aliphatic rings. The summed E-state index contributed by atoms with van der Waals surface area (Å²) in [5.41, 5.74) is -0.270. The molecule has 1 heterocycles. The van der Waals surface area contributed by atoms with Gasteiger partial charge in [0.05, 0.1) is 15.9 Å². The zero-order valence-electron chi connectivity index (χ0n) is 12.9. The van der Waals surface area contributed by atoms with E-state index in [4.69, 9.17) is 11.6 Å². The maximum absolute atomic E-state index is 13.1. The van der Waals surface area contributed by atoms with Gasteiger partial charge in [0.1, 0.15) is 5.82 Å². The lowest BCUT2D eigenvalue weighted by molar-refractivity contribution is -0.116. The van der Waals surface area contributed by atoms with Crippen molar-refractivity contribution < 1.29 is 9.18 Å². The van der Waals surface area contributed by atoms with E-state index >= 15 is 0 Å². The number of nitrogens with zero attached hydrogens (tertiary/aromatic N) is 1. The number of hydrogen-bond acceptors (Lipinski definition) is 3. The van der Waals surface area contributed by atoms with Gasteiger partial charge in [0.25, 0.3) is 5.56 Å². The molecule has 128 valence electrons. The summed E-state index contributed by atoms with van der Waals surface area (Å²) in [6.45, 7) is -0.0836. The van der Waals surface area contributed by atoms with Gasteiger partial charge in [0.2, 0.25) is 5.91 Å². The second-order valence-electron chi connectivity index (χ2n) is 5.36. The molecule has 2 aromatic carbocycles. The lowest BCUT2D eigenvalue weighted by atomic mass is 10.2. The Hall–Kier alpha value is -2.93. The third-order valence-electron chi connectivity index (χ3n) is 3.66. The van der Waals surface area contributed by atoms with E-state index in [2.05, 4.69) is 10.3 Å². The van der Waals surface area contributed by atoms with Crippen molar-refractivity contribution >= 4 is 34.1 Å². The monoisotopic (exact) mass is 361 g/mol. The van der Waals surface area contributed by atoms with Crippen molar-refractivity contribution in [1.29, 1.82) is 0 Å². The SMILES string of the molecule is O=C(CCn1c(=O)[nH]c2ccccc2c1=O)Nc1ccc(F)c(Cl)c1. The van der Waals surface area contributed by atoms with Crippen molar-refractivity contribution in [1.82, 2.24) is 9.55 Å². The average Bonchev–Trinajstić information content (AvgIpc) is 2.58. The summed E-state index contributed by atoms with van der Waals surface area (Å²) >= 11 is 5.65. The van der Waals surface area contributed by atoms with Crippen molar-refractivity contribution in [3.8, 4) is 0 Å². The number of H-pyrrole nitrogens is 1. The van der Waals surface area contributed by atoms with Gasteiger partial charge >= 0.3 is 5.69 Å². The van der Waals surface area contributed by atoms with Crippen LogP contribution in [0.4, 0.5) is 10.1 Å². The number of para-hydroxylation sites is 1. The third kappa shape index (κ3) is 3.61. The summed E-state index contributed by atoms with van der Waals surface area (Å²) < 4.78 is 14.1. The van der Waals surface area contributed by atoms with E-state index in [9.17, 15) is 18.8 Å². The van der Waals surface area contributed by atoms with Crippen LogP contribution in [0.5, 0.6) is 0 Å². The Morgan fingerprint density at radius 3 is 2.72 bits per heavy atom. The van der Waals surface area contributed by atoms with Gasteiger partial charge < -0.3 is 10.3 Å². The fourth-order valence-corrected chi connectivity index (χ4v) is 2.59. The summed E-state index contributed by atoms with van der Waals surface area (Å²) in [5.74, 6) is -1.02. The Balaban J connectivity index is 1.76. The topological polar surface area (TPSA) is 84.0 Å². The molecule has 8 heteroatoms. The molecule has 25 heavy (non-hydrogen) atoms. The number of aromatic amines is 1. The number of hydrogen-bond donors (Lipinski definition) is 2. The van der Waals surface area contributed by atoms with Crippen LogP contribution >= 0.6 is 11.6 Å². The maximum Gasteiger partial charge on any atom is 0.328 e. The minimum Gasteiger partial charge on any atom is -0.326 e. The minimum absolute atomic E-state index is 0.0836. The summed E-state index contributed by atoms with van der Waals surface area (Å²) in [7, 11) is 0. The fraction of sp³-hybridized carbons (Fsp3) is 0.118. The molecule has 0 radical (unpaired) electrons.